The minimum Gasteiger partial charge on any atom is -0.368 e. The average Bonchev–Trinajstić information content (AvgIpc) is 2.89. The fourth-order valence-corrected chi connectivity index (χ4v) is 2.80. The van der Waals surface area contributed by atoms with Gasteiger partial charge in [-0.1, -0.05) is 12.8 Å². The molecule has 92 valence electrons. The van der Waals surface area contributed by atoms with Gasteiger partial charge in [0.1, 0.15) is 5.82 Å². The summed E-state index contributed by atoms with van der Waals surface area (Å²) in [6, 6.07) is 2.18. The largest absolute Gasteiger partial charge is 0.368 e. The second-order valence-electron chi connectivity index (χ2n) is 5.16. The summed E-state index contributed by atoms with van der Waals surface area (Å²) < 4.78 is 0. The topological polar surface area (TPSA) is 49.8 Å². The first-order valence-electron chi connectivity index (χ1n) is 6.72. The molecular weight excluding hydrogens is 212 g/mol. The number of fused-ring (bicyclic) bond motifs is 1. The van der Waals surface area contributed by atoms with Crippen LogP contribution < -0.4 is 10.6 Å². The van der Waals surface area contributed by atoms with Crippen LogP contribution in [0.15, 0.2) is 6.07 Å². The number of nitrogens with one attached hydrogen (secondary N) is 2. The van der Waals surface area contributed by atoms with Crippen LogP contribution in [0.3, 0.4) is 0 Å². The van der Waals surface area contributed by atoms with Crippen LogP contribution in [0.5, 0.6) is 0 Å². The SMILES string of the molecule is c1c(NCC2CCCC2)nnc2c1CCNC2. The van der Waals surface area contributed by atoms with E-state index in [0.717, 1.165) is 43.5 Å². The van der Waals surface area contributed by atoms with Crippen LogP contribution in [0.2, 0.25) is 0 Å². The zero-order valence-corrected chi connectivity index (χ0v) is 10.2. The molecular formula is C13H20N4. The van der Waals surface area contributed by atoms with Crippen molar-refractivity contribution in [1.29, 1.82) is 0 Å². The molecule has 4 nitrogen and oxygen atoms in total. The summed E-state index contributed by atoms with van der Waals surface area (Å²) in [4.78, 5) is 0. The second-order valence-corrected chi connectivity index (χ2v) is 5.16. The van der Waals surface area contributed by atoms with E-state index in [1.807, 2.05) is 0 Å². The number of hydrogen-bond acceptors (Lipinski definition) is 4. The lowest BCUT2D eigenvalue weighted by Crippen LogP contribution is -2.25. The van der Waals surface area contributed by atoms with Crippen molar-refractivity contribution in [3.63, 3.8) is 0 Å². The average molecular weight is 232 g/mol. The van der Waals surface area contributed by atoms with E-state index >= 15 is 0 Å². The predicted octanol–water partition coefficient (Wildman–Crippen LogP) is 1.72. The Labute approximate surface area is 102 Å². The fraction of sp³-hybridized carbons (Fsp3) is 0.692. The van der Waals surface area contributed by atoms with E-state index in [1.165, 1.54) is 31.2 Å². The summed E-state index contributed by atoms with van der Waals surface area (Å²) in [7, 11) is 0. The Morgan fingerprint density at radius 3 is 3.06 bits per heavy atom. The van der Waals surface area contributed by atoms with Gasteiger partial charge in [0.25, 0.3) is 0 Å². The van der Waals surface area contributed by atoms with Crippen molar-refractivity contribution in [3.05, 3.63) is 17.3 Å². The van der Waals surface area contributed by atoms with Crippen molar-refractivity contribution in [2.24, 2.45) is 5.92 Å². The number of nitrogens with zero attached hydrogens (tertiary/aromatic N) is 2. The van der Waals surface area contributed by atoms with E-state index in [-0.39, 0.29) is 0 Å². The molecule has 3 rings (SSSR count). The van der Waals surface area contributed by atoms with Crippen molar-refractivity contribution in [2.45, 2.75) is 38.6 Å². The highest BCUT2D eigenvalue weighted by Crippen LogP contribution is 2.25. The first-order valence-corrected chi connectivity index (χ1v) is 6.72. The summed E-state index contributed by atoms with van der Waals surface area (Å²) >= 11 is 0. The highest BCUT2D eigenvalue weighted by molar-refractivity contribution is 5.39. The van der Waals surface area contributed by atoms with E-state index in [9.17, 15) is 0 Å². The smallest absolute Gasteiger partial charge is 0.148 e. The highest BCUT2D eigenvalue weighted by Gasteiger charge is 2.15. The van der Waals surface area contributed by atoms with E-state index in [0.29, 0.717) is 0 Å². The molecule has 0 radical (unpaired) electrons. The molecule has 1 aromatic rings. The second kappa shape index (κ2) is 5.00. The molecule has 17 heavy (non-hydrogen) atoms. The first kappa shape index (κ1) is 11.0. The third-order valence-electron chi connectivity index (χ3n) is 3.87. The van der Waals surface area contributed by atoms with E-state index in [1.54, 1.807) is 0 Å². The third-order valence-corrected chi connectivity index (χ3v) is 3.87. The molecule has 0 aromatic carbocycles. The summed E-state index contributed by atoms with van der Waals surface area (Å²) in [6.07, 6.45) is 6.61. The molecule has 0 atom stereocenters. The zero-order chi connectivity index (χ0) is 11.5. The van der Waals surface area contributed by atoms with Gasteiger partial charge in [-0.2, -0.15) is 5.10 Å². The summed E-state index contributed by atoms with van der Waals surface area (Å²) in [6.45, 7) is 2.98. The molecule has 1 aliphatic carbocycles. The van der Waals surface area contributed by atoms with Crippen LogP contribution in [0.4, 0.5) is 5.82 Å². The lowest BCUT2D eigenvalue weighted by molar-refractivity contribution is 0.576. The highest BCUT2D eigenvalue weighted by atomic mass is 15.2. The predicted molar refractivity (Wildman–Crippen MR) is 67.9 cm³/mol. The van der Waals surface area contributed by atoms with Crippen molar-refractivity contribution < 1.29 is 0 Å². The maximum absolute atomic E-state index is 4.29. The Hall–Kier alpha value is -1.16. The minimum absolute atomic E-state index is 0.842. The van der Waals surface area contributed by atoms with Crippen LogP contribution in [-0.2, 0) is 13.0 Å². The van der Waals surface area contributed by atoms with Crippen LogP contribution >= 0.6 is 0 Å². The Balaban J connectivity index is 1.62. The van der Waals surface area contributed by atoms with Crippen LogP contribution in [0.25, 0.3) is 0 Å². The van der Waals surface area contributed by atoms with Gasteiger partial charge in [-0.3, -0.25) is 0 Å². The van der Waals surface area contributed by atoms with Gasteiger partial charge in [0.15, 0.2) is 0 Å². The van der Waals surface area contributed by atoms with E-state index < -0.39 is 0 Å². The monoisotopic (exact) mass is 232 g/mol. The summed E-state index contributed by atoms with van der Waals surface area (Å²) in [5.41, 5.74) is 2.47. The van der Waals surface area contributed by atoms with Crippen molar-refractivity contribution in [2.75, 3.05) is 18.4 Å². The Morgan fingerprint density at radius 2 is 2.18 bits per heavy atom. The van der Waals surface area contributed by atoms with Gasteiger partial charge in [0.2, 0.25) is 0 Å². The molecule has 2 N–H and O–H groups in total. The summed E-state index contributed by atoms with van der Waals surface area (Å²) in [5.74, 6) is 1.80. The summed E-state index contributed by atoms with van der Waals surface area (Å²) in [5, 5.41) is 15.3. The molecule has 0 saturated heterocycles. The van der Waals surface area contributed by atoms with Crippen LogP contribution in [0, 0.1) is 5.92 Å². The van der Waals surface area contributed by atoms with Gasteiger partial charge in [-0.25, -0.2) is 0 Å². The molecule has 1 fully saturated rings. The lowest BCUT2D eigenvalue weighted by Gasteiger charge is -2.17. The number of hydrogen-bond donors (Lipinski definition) is 2. The molecule has 1 saturated carbocycles. The molecule has 0 amide bonds. The van der Waals surface area contributed by atoms with Gasteiger partial charge in [-0.05, 0) is 43.4 Å². The van der Waals surface area contributed by atoms with Gasteiger partial charge < -0.3 is 10.6 Å². The fourth-order valence-electron chi connectivity index (χ4n) is 2.80. The zero-order valence-electron chi connectivity index (χ0n) is 10.2. The number of anilines is 1. The first-order chi connectivity index (χ1) is 8.42. The Morgan fingerprint density at radius 1 is 1.29 bits per heavy atom. The van der Waals surface area contributed by atoms with Gasteiger partial charge in [-0.15, -0.1) is 5.10 Å². The van der Waals surface area contributed by atoms with E-state index in [4.69, 9.17) is 0 Å². The quantitative estimate of drug-likeness (QED) is 0.833. The van der Waals surface area contributed by atoms with Crippen LogP contribution in [-0.4, -0.2) is 23.3 Å². The van der Waals surface area contributed by atoms with E-state index in [2.05, 4.69) is 26.9 Å². The minimum atomic E-state index is 0.842. The maximum atomic E-state index is 4.29. The molecule has 1 aromatic heterocycles. The van der Waals surface area contributed by atoms with Gasteiger partial charge in [0.05, 0.1) is 5.69 Å². The molecule has 0 spiro atoms. The number of rotatable bonds is 3. The van der Waals surface area contributed by atoms with Crippen molar-refractivity contribution >= 4 is 5.82 Å². The van der Waals surface area contributed by atoms with Gasteiger partial charge >= 0.3 is 0 Å². The maximum Gasteiger partial charge on any atom is 0.148 e. The third kappa shape index (κ3) is 2.57. The molecule has 1 aliphatic heterocycles. The molecule has 2 heterocycles. The van der Waals surface area contributed by atoms with Crippen molar-refractivity contribution in [1.82, 2.24) is 15.5 Å². The number of aromatic nitrogens is 2. The van der Waals surface area contributed by atoms with Crippen molar-refractivity contribution in [3.8, 4) is 0 Å². The molecule has 0 unspecified atom stereocenters. The lowest BCUT2D eigenvalue weighted by atomic mass is 10.1. The van der Waals surface area contributed by atoms with Gasteiger partial charge in [0, 0.05) is 13.1 Å². The molecule has 4 heteroatoms. The molecule has 0 bridgehead atoms. The van der Waals surface area contributed by atoms with Crippen LogP contribution in [0.1, 0.15) is 36.9 Å². The molecule has 2 aliphatic rings. The Bertz CT molecular complexity index is 385. The Kier molecular flexibility index (Phi) is 3.22. The normalized spacial score (nSPS) is 20.2. The standard InChI is InChI=1S/C13H20N4/c1-2-4-10(3-1)8-15-13-7-11-5-6-14-9-12(11)16-17-13/h7,10,14H,1-6,8-9H2,(H,15,17).